The van der Waals surface area contributed by atoms with Crippen LogP contribution < -0.4 is 5.32 Å². The number of hydrogen-bond acceptors (Lipinski definition) is 2. The summed E-state index contributed by atoms with van der Waals surface area (Å²) in [5.74, 6) is 0. The zero-order chi connectivity index (χ0) is 9.94. The van der Waals surface area contributed by atoms with Crippen LogP contribution in [0.4, 0.5) is 0 Å². The summed E-state index contributed by atoms with van der Waals surface area (Å²) in [4.78, 5) is 1.48. The van der Waals surface area contributed by atoms with Gasteiger partial charge in [0.25, 0.3) is 0 Å². The van der Waals surface area contributed by atoms with Crippen molar-refractivity contribution in [3.05, 3.63) is 22.4 Å². The highest BCUT2D eigenvalue weighted by molar-refractivity contribution is 7.09. The van der Waals surface area contributed by atoms with Crippen molar-refractivity contribution < 1.29 is 0 Å². The molecule has 2 heteroatoms. The minimum atomic E-state index is 0. The first-order valence-electron chi connectivity index (χ1n) is 5.16. The van der Waals surface area contributed by atoms with Crippen molar-refractivity contribution >= 4 is 11.3 Å². The summed E-state index contributed by atoms with van der Waals surface area (Å²) in [5, 5.41) is 5.51. The van der Waals surface area contributed by atoms with Gasteiger partial charge in [0.2, 0.25) is 0 Å². The molecule has 1 N–H and O–H groups in total. The maximum atomic E-state index is 3.38. The molecule has 0 spiro atoms. The van der Waals surface area contributed by atoms with E-state index in [1.165, 1.54) is 17.7 Å². The van der Waals surface area contributed by atoms with E-state index < -0.39 is 0 Å². The van der Waals surface area contributed by atoms with Gasteiger partial charge in [-0.15, -0.1) is 11.3 Å². The Kier molecular flexibility index (Phi) is 14.6. The first-order valence-corrected chi connectivity index (χ1v) is 6.04. The van der Waals surface area contributed by atoms with Crippen LogP contribution in [0.3, 0.4) is 0 Å². The van der Waals surface area contributed by atoms with Gasteiger partial charge in [0.15, 0.2) is 0 Å². The van der Waals surface area contributed by atoms with E-state index in [4.69, 9.17) is 0 Å². The number of thiophene rings is 1. The van der Waals surface area contributed by atoms with Crippen LogP contribution in [0.1, 0.15) is 39.5 Å². The van der Waals surface area contributed by atoms with E-state index in [9.17, 15) is 0 Å². The molecule has 0 aliphatic rings. The van der Waals surface area contributed by atoms with Gasteiger partial charge in [-0.25, -0.2) is 0 Å². The Labute approximate surface area is 93.6 Å². The van der Waals surface area contributed by atoms with Gasteiger partial charge in [-0.05, 0) is 37.4 Å². The molecule has 14 heavy (non-hydrogen) atoms. The number of nitrogens with one attached hydrogen (secondary N) is 1. The monoisotopic (exact) mass is 215 g/mol. The summed E-state index contributed by atoms with van der Waals surface area (Å²) in [6.45, 7) is 8.46. The van der Waals surface area contributed by atoms with E-state index in [2.05, 4.69) is 29.8 Å². The van der Waals surface area contributed by atoms with Gasteiger partial charge in [0.05, 0.1) is 0 Å². The Balaban J connectivity index is 0. The van der Waals surface area contributed by atoms with Gasteiger partial charge in [-0.1, -0.05) is 34.3 Å². The Morgan fingerprint density at radius 3 is 2.50 bits per heavy atom. The second-order valence-corrected chi connectivity index (χ2v) is 3.61. The molecule has 1 aromatic rings. The van der Waals surface area contributed by atoms with Crippen molar-refractivity contribution in [3.63, 3.8) is 0 Å². The molecule has 0 aliphatic heterocycles. The van der Waals surface area contributed by atoms with E-state index in [1.54, 1.807) is 0 Å². The quantitative estimate of drug-likeness (QED) is 0.733. The normalized spacial score (nSPS) is 8.50. The van der Waals surface area contributed by atoms with Crippen LogP contribution in [-0.4, -0.2) is 13.1 Å². The topological polar surface area (TPSA) is 12.0 Å². The fourth-order valence-corrected chi connectivity index (χ4v) is 1.68. The van der Waals surface area contributed by atoms with E-state index in [-0.39, 0.29) is 7.43 Å². The van der Waals surface area contributed by atoms with Crippen molar-refractivity contribution in [2.75, 3.05) is 13.1 Å². The lowest BCUT2D eigenvalue weighted by Crippen LogP contribution is -2.17. The van der Waals surface area contributed by atoms with Crippen LogP contribution in [0, 0.1) is 0 Å². The maximum absolute atomic E-state index is 3.38. The minimum Gasteiger partial charge on any atom is -0.316 e. The van der Waals surface area contributed by atoms with E-state index in [0.29, 0.717) is 0 Å². The van der Waals surface area contributed by atoms with Crippen LogP contribution in [-0.2, 0) is 6.42 Å². The molecule has 84 valence electrons. The molecule has 0 unspecified atom stereocenters. The molecule has 0 radical (unpaired) electrons. The summed E-state index contributed by atoms with van der Waals surface area (Å²) in [6, 6.07) is 4.30. The molecule has 0 bridgehead atoms. The fraction of sp³-hybridized carbons (Fsp3) is 0.667. The van der Waals surface area contributed by atoms with Gasteiger partial charge < -0.3 is 5.32 Å². The smallest absolute Gasteiger partial charge is 0.00578 e. The minimum absolute atomic E-state index is 0. The van der Waals surface area contributed by atoms with Gasteiger partial charge in [0, 0.05) is 4.88 Å². The van der Waals surface area contributed by atoms with E-state index in [0.717, 1.165) is 13.1 Å². The SMILES string of the molecule is C.CC.CCCNCCc1cccs1. The van der Waals surface area contributed by atoms with E-state index >= 15 is 0 Å². The Morgan fingerprint density at radius 1 is 1.29 bits per heavy atom. The van der Waals surface area contributed by atoms with Crippen LogP contribution in [0.5, 0.6) is 0 Å². The molecule has 0 aliphatic carbocycles. The van der Waals surface area contributed by atoms with Crippen molar-refractivity contribution in [1.29, 1.82) is 0 Å². The predicted molar refractivity (Wildman–Crippen MR) is 69.3 cm³/mol. The molecule has 0 fully saturated rings. The van der Waals surface area contributed by atoms with Gasteiger partial charge in [0.1, 0.15) is 0 Å². The molecule has 1 aromatic heterocycles. The molecule has 1 rings (SSSR count). The average molecular weight is 215 g/mol. The largest absolute Gasteiger partial charge is 0.316 e. The lowest BCUT2D eigenvalue weighted by molar-refractivity contribution is 0.674. The van der Waals surface area contributed by atoms with Crippen LogP contribution in [0.15, 0.2) is 17.5 Å². The third kappa shape index (κ3) is 8.27. The average Bonchev–Trinajstić information content (AvgIpc) is 2.68. The number of rotatable bonds is 5. The van der Waals surface area contributed by atoms with Crippen LogP contribution in [0.2, 0.25) is 0 Å². The molecule has 0 saturated heterocycles. The predicted octanol–water partition coefficient (Wildman–Crippen LogP) is 3.95. The molecule has 0 saturated carbocycles. The first-order chi connectivity index (χ1) is 6.43. The second kappa shape index (κ2) is 12.7. The molecule has 0 aromatic carbocycles. The molecule has 1 nitrogen and oxygen atoms in total. The van der Waals surface area contributed by atoms with Crippen molar-refractivity contribution in [1.82, 2.24) is 5.32 Å². The van der Waals surface area contributed by atoms with Crippen LogP contribution >= 0.6 is 11.3 Å². The maximum Gasteiger partial charge on any atom is 0.00578 e. The van der Waals surface area contributed by atoms with Crippen LogP contribution in [0.25, 0.3) is 0 Å². The third-order valence-electron chi connectivity index (χ3n) is 1.56. The summed E-state index contributed by atoms with van der Waals surface area (Å²) >= 11 is 1.84. The van der Waals surface area contributed by atoms with Crippen molar-refractivity contribution in [3.8, 4) is 0 Å². The molecular formula is C12H25NS. The Bertz CT molecular complexity index is 170. The highest BCUT2D eigenvalue weighted by atomic mass is 32.1. The van der Waals surface area contributed by atoms with Crippen molar-refractivity contribution in [2.24, 2.45) is 0 Å². The van der Waals surface area contributed by atoms with Crippen molar-refractivity contribution in [2.45, 2.75) is 41.0 Å². The molecule has 1 heterocycles. The van der Waals surface area contributed by atoms with Gasteiger partial charge in [-0.2, -0.15) is 0 Å². The third-order valence-corrected chi connectivity index (χ3v) is 2.49. The Hall–Kier alpha value is -0.340. The lowest BCUT2D eigenvalue weighted by atomic mass is 10.3. The lowest BCUT2D eigenvalue weighted by Gasteiger charge is -1.99. The summed E-state index contributed by atoms with van der Waals surface area (Å²) in [7, 11) is 0. The fourth-order valence-electron chi connectivity index (χ4n) is 0.968. The standard InChI is InChI=1S/C9H15NS.C2H6.CH4/c1-2-6-10-7-5-9-4-3-8-11-9;1-2;/h3-4,8,10H,2,5-7H2,1H3;1-2H3;1H4. The number of hydrogen-bond donors (Lipinski definition) is 1. The highest BCUT2D eigenvalue weighted by Gasteiger charge is 1.91. The summed E-state index contributed by atoms with van der Waals surface area (Å²) in [5.41, 5.74) is 0. The molecule has 0 amide bonds. The van der Waals surface area contributed by atoms with E-state index in [1.807, 2.05) is 25.2 Å². The van der Waals surface area contributed by atoms with Gasteiger partial charge >= 0.3 is 0 Å². The Morgan fingerprint density at radius 2 is 2.00 bits per heavy atom. The highest BCUT2D eigenvalue weighted by Crippen LogP contribution is 2.07. The molecular weight excluding hydrogens is 190 g/mol. The molecule has 0 atom stereocenters. The summed E-state index contributed by atoms with van der Waals surface area (Å²) in [6.07, 6.45) is 2.40. The van der Waals surface area contributed by atoms with Gasteiger partial charge in [-0.3, -0.25) is 0 Å². The summed E-state index contributed by atoms with van der Waals surface area (Å²) < 4.78 is 0. The zero-order valence-electron chi connectivity index (χ0n) is 8.97. The second-order valence-electron chi connectivity index (χ2n) is 2.58. The zero-order valence-corrected chi connectivity index (χ0v) is 9.79. The first kappa shape index (κ1) is 16.1.